The minimum atomic E-state index is 0.579. The Morgan fingerprint density at radius 1 is 1.10 bits per heavy atom. The summed E-state index contributed by atoms with van der Waals surface area (Å²) in [4.78, 5) is 10.8. The smallest absolute Gasteiger partial charge is 0.229 e. The van der Waals surface area contributed by atoms with Crippen LogP contribution in [0.1, 0.15) is 13.8 Å². The normalized spacial score (nSPS) is 10.5. The van der Waals surface area contributed by atoms with E-state index in [-0.39, 0.29) is 0 Å². The van der Waals surface area contributed by atoms with Crippen LogP contribution in [0.3, 0.4) is 0 Å². The van der Waals surface area contributed by atoms with Crippen molar-refractivity contribution in [2.24, 2.45) is 5.92 Å². The molecule has 2 aromatic rings. The highest BCUT2D eigenvalue weighted by Gasteiger charge is 2.02. The van der Waals surface area contributed by atoms with E-state index in [4.69, 9.17) is 0 Å². The molecular formula is C16H23N5. The number of nitrogens with one attached hydrogen (secondary N) is 2. The minimum absolute atomic E-state index is 0.579. The second-order valence-corrected chi connectivity index (χ2v) is 5.61. The van der Waals surface area contributed by atoms with Crippen molar-refractivity contribution in [3.63, 3.8) is 0 Å². The van der Waals surface area contributed by atoms with E-state index in [2.05, 4.69) is 51.5 Å². The molecule has 0 bridgehead atoms. The van der Waals surface area contributed by atoms with Crippen molar-refractivity contribution in [2.45, 2.75) is 13.8 Å². The van der Waals surface area contributed by atoms with Gasteiger partial charge < -0.3 is 15.5 Å². The zero-order valence-electron chi connectivity index (χ0n) is 13.1. The fourth-order valence-electron chi connectivity index (χ4n) is 1.80. The van der Waals surface area contributed by atoms with E-state index in [1.165, 1.54) is 0 Å². The van der Waals surface area contributed by atoms with Crippen molar-refractivity contribution in [3.05, 3.63) is 36.5 Å². The van der Waals surface area contributed by atoms with Crippen LogP contribution in [0.15, 0.2) is 36.5 Å². The molecule has 5 nitrogen and oxygen atoms in total. The Morgan fingerprint density at radius 3 is 2.43 bits per heavy atom. The van der Waals surface area contributed by atoms with Crippen LogP contribution in [0.4, 0.5) is 23.1 Å². The maximum absolute atomic E-state index is 4.45. The second kappa shape index (κ2) is 6.92. The van der Waals surface area contributed by atoms with E-state index >= 15 is 0 Å². The molecule has 0 aliphatic carbocycles. The van der Waals surface area contributed by atoms with Crippen LogP contribution >= 0.6 is 0 Å². The van der Waals surface area contributed by atoms with Crippen molar-refractivity contribution in [1.29, 1.82) is 0 Å². The SMILES string of the molecule is CC(C)CNc1ccnc(Nc2ccc(N(C)C)cc2)n1. The van der Waals surface area contributed by atoms with E-state index in [0.717, 1.165) is 23.7 Å². The molecule has 5 heteroatoms. The van der Waals surface area contributed by atoms with Gasteiger partial charge in [0.1, 0.15) is 5.82 Å². The molecule has 112 valence electrons. The Bertz CT molecular complexity index is 563. The molecule has 0 aliphatic heterocycles. The van der Waals surface area contributed by atoms with Crippen LogP contribution in [0.5, 0.6) is 0 Å². The van der Waals surface area contributed by atoms with Crippen LogP contribution in [0.2, 0.25) is 0 Å². The first kappa shape index (κ1) is 15.1. The van der Waals surface area contributed by atoms with Crippen molar-refractivity contribution in [2.75, 3.05) is 36.2 Å². The molecule has 2 rings (SSSR count). The number of hydrogen-bond acceptors (Lipinski definition) is 5. The van der Waals surface area contributed by atoms with Crippen LogP contribution in [0.25, 0.3) is 0 Å². The molecule has 0 fully saturated rings. The maximum Gasteiger partial charge on any atom is 0.229 e. The summed E-state index contributed by atoms with van der Waals surface area (Å²) in [5.41, 5.74) is 2.13. The number of benzene rings is 1. The summed E-state index contributed by atoms with van der Waals surface area (Å²) in [6, 6.07) is 10.0. The summed E-state index contributed by atoms with van der Waals surface area (Å²) in [5, 5.41) is 6.51. The zero-order valence-corrected chi connectivity index (χ0v) is 13.1. The average Bonchev–Trinajstić information content (AvgIpc) is 2.46. The van der Waals surface area contributed by atoms with E-state index in [0.29, 0.717) is 11.9 Å². The molecule has 0 saturated heterocycles. The molecule has 0 spiro atoms. The van der Waals surface area contributed by atoms with E-state index in [1.54, 1.807) is 6.20 Å². The van der Waals surface area contributed by atoms with Crippen LogP contribution in [-0.4, -0.2) is 30.6 Å². The molecule has 0 unspecified atom stereocenters. The van der Waals surface area contributed by atoms with E-state index in [1.807, 2.05) is 32.3 Å². The lowest BCUT2D eigenvalue weighted by Crippen LogP contribution is -2.10. The lowest BCUT2D eigenvalue weighted by Gasteiger charge is -2.13. The fraction of sp³-hybridized carbons (Fsp3) is 0.375. The third-order valence-electron chi connectivity index (χ3n) is 2.99. The molecule has 0 saturated carbocycles. The van der Waals surface area contributed by atoms with Gasteiger partial charge in [-0.25, -0.2) is 4.98 Å². The Morgan fingerprint density at radius 2 is 1.81 bits per heavy atom. The molecule has 1 aromatic heterocycles. The quantitative estimate of drug-likeness (QED) is 0.852. The lowest BCUT2D eigenvalue weighted by molar-refractivity contribution is 0.687. The molecule has 1 heterocycles. The third kappa shape index (κ3) is 4.63. The Kier molecular flexibility index (Phi) is 4.98. The molecule has 1 aromatic carbocycles. The Labute approximate surface area is 126 Å². The van der Waals surface area contributed by atoms with Crippen LogP contribution < -0.4 is 15.5 Å². The van der Waals surface area contributed by atoms with Gasteiger partial charge in [-0.15, -0.1) is 0 Å². The summed E-state index contributed by atoms with van der Waals surface area (Å²) >= 11 is 0. The number of nitrogens with zero attached hydrogens (tertiary/aromatic N) is 3. The predicted molar refractivity (Wildman–Crippen MR) is 89.4 cm³/mol. The van der Waals surface area contributed by atoms with Crippen molar-refractivity contribution < 1.29 is 0 Å². The topological polar surface area (TPSA) is 53.1 Å². The highest BCUT2D eigenvalue weighted by molar-refractivity contribution is 5.59. The molecule has 21 heavy (non-hydrogen) atoms. The zero-order chi connectivity index (χ0) is 15.2. The van der Waals surface area contributed by atoms with E-state index in [9.17, 15) is 0 Å². The van der Waals surface area contributed by atoms with Gasteiger partial charge in [0.25, 0.3) is 0 Å². The molecule has 2 N–H and O–H groups in total. The first-order valence-electron chi connectivity index (χ1n) is 7.16. The average molecular weight is 285 g/mol. The van der Waals surface area contributed by atoms with Crippen LogP contribution in [-0.2, 0) is 0 Å². The van der Waals surface area contributed by atoms with Crippen molar-refractivity contribution in [1.82, 2.24) is 9.97 Å². The fourth-order valence-corrected chi connectivity index (χ4v) is 1.80. The van der Waals surface area contributed by atoms with Gasteiger partial charge in [-0.2, -0.15) is 4.98 Å². The van der Waals surface area contributed by atoms with Gasteiger partial charge in [-0.1, -0.05) is 13.8 Å². The predicted octanol–water partition coefficient (Wildman–Crippen LogP) is 3.35. The maximum atomic E-state index is 4.45. The third-order valence-corrected chi connectivity index (χ3v) is 2.99. The molecular weight excluding hydrogens is 262 g/mol. The van der Waals surface area contributed by atoms with Gasteiger partial charge in [0, 0.05) is 38.2 Å². The molecule has 0 amide bonds. The monoisotopic (exact) mass is 285 g/mol. The van der Waals surface area contributed by atoms with E-state index < -0.39 is 0 Å². The van der Waals surface area contributed by atoms with Crippen molar-refractivity contribution >= 4 is 23.1 Å². The van der Waals surface area contributed by atoms with Gasteiger partial charge in [0.2, 0.25) is 5.95 Å². The second-order valence-electron chi connectivity index (χ2n) is 5.61. The summed E-state index contributed by atoms with van der Waals surface area (Å²) in [6.07, 6.45) is 1.76. The van der Waals surface area contributed by atoms with Gasteiger partial charge in [0.05, 0.1) is 0 Å². The van der Waals surface area contributed by atoms with Crippen molar-refractivity contribution in [3.8, 4) is 0 Å². The summed E-state index contributed by atoms with van der Waals surface area (Å²) in [5.74, 6) is 2.02. The van der Waals surface area contributed by atoms with Gasteiger partial charge >= 0.3 is 0 Å². The summed E-state index contributed by atoms with van der Waals surface area (Å²) < 4.78 is 0. The number of anilines is 4. The molecule has 0 atom stereocenters. The van der Waals surface area contributed by atoms with Crippen LogP contribution in [0, 0.1) is 5.92 Å². The Balaban J connectivity index is 2.03. The first-order chi connectivity index (χ1) is 10.0. The number of hydrogen-bond donors (Lipinski definition) is 2. The highest BCUT2D eigenvalue weighted by Crippen LogP contribution is 2.18. The molecule has 0 aliphatic rings. The number of rotatable bonds is 6. The summed E-state index contributed by atoms with van der Waals surface area (Å²) in [7, 11) is 4.05. The molecule has 0 radical (unpaired) electrons. The van der Waals surface area contributed by atoms with Gasteiger partial charge in [0.15, 0.2) is 0 Å². The largest absolute Gasteiger partial charge is 0.378 e. The lowest BCUT2D eigenvalue weighted by atomic mass is 10.2. The standard InChI is InChI=1S/C16H23N5/c1-12(2)11-18-15-9-10-17-16(20-15)19-13-5-7-14(8-6-13)21(3)4/h5-10,12H,11H2,1-4H3,(H2,17,18,19,20). The minimum Gasteiger partial charge on any atom is -0.378 e. The summed E-state index contributed by atoms with van der Waals surface area (Å²) in [6.45, 7) is 5.23. The highest BCUT2D eigenvalue weighted by atomic mass is 15.1. The van der Waals surface area contributed by atoms with Gasteiger partial charge in [-0.3, -0.25) is 0 Å². The van der Waals surface area contributed by atoms with Gasteiger partial charge in [-0.05, 0) is 36.2 Å². The first-order valence-corrected chi connectivity index (χ1v) is 7.16. The Hall–Kier alpha value is -2.30. The number of aromatic nitrogens is 2.